The first-order valence-corrected chi connectivity index (χ1v) is 6.56. The zero-order chi connectivity index (χ0) is 14.5. The summed E-state index contributed by atoms with van der Waals surface area (Å²) in [6, 6.07) is 6.93. The van der Waals surface area contributed by atoms with Crippen molar-refractivity contribution in [2.75, 3.05) is 14.2 Å². The van der Waals surface area contributed by atoms with Crippen LogP contribution < -0.4 is 10.1 Å². The number of rotatable bonds is 5. The molecule has 20 heavy (non-hydrogen) atoms. The van der Waals surface area contributed by atoms with Gasteiger partial charge in [0.2, 0.25) is 0 Å². The third-order valence-electron chi connectivity index (χ3n) is 3.49. The molecule has 2 rings (SSSR count). The number of ether oxygens (including phenoxy) is 1. The first-order valence-electron chi connectivity index (χ1n) is 6.56. The highest BCUT2D eigenvalue weighted by molar-refractivity contribution is 5.35. The minimum absolute atomic E-state index is 0.0945. The normalized spacial score (nSPS) is 12.2. The van der Waals surface area contributed by atoms with Crippen LogP contribution in [0.5, 0.6) is 5.75 Å². The average molecular weight is 274 g/mol. The number of nitrogens with zero attached hydrogens (tertiary/aromatic N) is 1. The standard InChI is InChI=1S/C16H19FN2O/c1-11-8-13(17)5-4-12(11)9-15(18-2)14-6-7-19-10-16(14)20-3/h4-8,10,15,18H,9H2,1-3H3. The number of aryl methyl sites for hydroxylation is 1. The molecule has 106 valence electrons. The van der Waals surface area contributed by atoms with E-state index in [1.54, 1.807) is 25.6 Å². The van der Waals surface area contributed by atoms with Crippen LogP contribution in [0.3, 0.4) is 0 Å². The van der Waals surface area contributed by atoms with Gasteiger partial charge in [-0.2, -0.15) is 0 Å². The minimum atomic E-state index is -0.200. The highest BCUT2D eigenvalue weighted by atomic mass is 19.1. The van der Waals surface area contributed by atoms with E-state index in [9.17, 15) is 4.39 Å². The van der Waals surface area contributed by atoms with E-state index in [2.05, 4.69) is 10.3 Å². The summed E-state index contributed by atoms with van der Waals surface area (Å²) in [6.45, 7) is 1.93. The molecule has 0 spiro atoms. The maximum atomic E-state index is 13.2. The van der Waals surface area contributed by atoms with Crippen molar-refractivity contribution >= 4 is 0 Å². The molecule has 1 aromatic heterocycles. The van der Waals surface area contributed by atoms with E-state index in [1.165, 1.54) is 6.07 Å². The fourth-order valence-corrected chi connectivity index (χ4v) is 2.32. The summed E-state index contributed by atoms with van der Waals surface area (Å²) in [6.07, 6.45) is 4.22. The number of likely N-dealkylation sites (N-methyl/N-ethyl adjacent to an activating group) is 1. The number of benzene rings is 1. The van der Waals surface area contributed by atoms with Crippen LogP contribution in [0.1, 0.15) is 22.7 Å². The Labute approximate surface area is 118 Å². The van der Waals surface area contributed by atoms with Crippen molar-refractivity contribution in [1.82, 2.24) is 10.3 Å². The summed E-state index contributed by atoms with van der Waals surface area (Å²) in [5.41, 5.74) is 3.12. The minimum Gasteiger partial charge on any atom is -0.495 e. The molecule has 0 fully saturated rings. The van der Waals surface area contributed by atoms with Crippen molar-refractivity contribution in [1.29, 1.82) is 0 Å². The van der Waals surface area contributed by atoms with E-state index in [4.69, 9.17) is 4.74 Å². The number of aromatic nitrogens is 1. The van der Waals surface area contributed by atoms with E-state index < -0.39 is 0 Å². The van der Waals surface area contributed by atoms with E-state index in [-0.39, 0.29) is 11.9 Å². The number of halogens is 1. The van der Waals surface area contributed by atoms with Gasteiger partial charge in [0.1, 0.15) is 11.6 Å². The van der Waals surface area contributed by atoms with Crippen LogP contribution in [-0.4, -0.2) is 19.1 Å². The van der Waals surface area contributed by atoms with E-state index in [0.717, 1.165) is 28.9 Å². The Bertz CT molecular complexity index is 586. The van der Waals surface area contributed by atoms with Gasteiger partial charge in [-0.25, -0.2) is 4.39 Å². The summed E-state index contributed by atoms with van der Waals surface area (Å²) in [5.74, 6) is 0.556. The molecule has 1 atom stereocenters. The van der Waals surface area contributed by atoms with Crippen LogP contribution in [0, 0.1) is 12.7 Å². The van der Waals surface area contributed by atoms with Gasteiger partial charge in [-0.15, -0.1) is 0 Å². The van der Waals surface area contributed by atoms with Crippen molar-refractivity contribution < 1.29 is 9.13 Å². The summed E-state index contributed by atoms with van der Waals surface area (Å²) in [7, 11) is 3.54. The SMILES string of the molecule is CNC(Cc1ccc(F)cc1C)c1ccncc1OC. The van der Waals surface area contributed by atoms with Crippen LogP contribution in [0.4, 0.5) is 4.39 Å². The predicted octanol–water partition coefficient (Wildman–Crippen LogP) is 3.04. The molecule has 0 saturated heterocycles. The van der Waals surface area contributed by atoms with Crippen molar-refractivity contribution in [2.24, 2.45) is 0 Å². The van der Waals surface area contributed by atoms with Gasteiger partial charge in [0.15, 0.2) is 0 Å². The first kappa shape index (κ1) is 14.5. The topological polar surface area (TPSA) is 34.2 Å². The summed E-state index contributed by atoms with van der Waals surface area (Å²) < 4.78 is 18.5. The number of nitrogens with one attached hydrogen (secondary N) is 1. The lowest BCUT2D eigenvalue weighted by molar-refractivity contribution is 0.399. The van der Waals surface area contributed by atoms with Crippen LogP contribution in [0.15, 0.2) is 36.7 Å². The van der Waals surface area contributed by atoms with Gasteiger partial charge in [-0.1, -0.05) is 6.07 Å². The number of hydrogen-bond donors (Lipinski definition) is 1. The van der Waals surface area contributed by atoms with Crippen LogP contribution in [0.25, 0.3) is 0 Å². The molecule has 0 saturated carbocycles. The van der Waals surface area contributed by atoms with Crippen molar-refractivity contribution in [2.45, 2.75) is 19.4 Å². The summed E-state index contributed by atoms with van der Waals surface area (Å²) >= 11 is 0. The van der Waals surface area contributed by atoms with Crippen LogP contribution >= 0.6 is 0 Å². The van der Waals surface area contributed by atoms with E-state index in [0.29, 0.717) is 0 Å². The van der Waals surface area contributed by atoms with Gasteiger partial charge in [-0.05, 0) is 49.7 Å². The number of hydrogen-bond acceptors (Lipinski definition) is 3. The second-order valence-electron chi connectivity index (χ2n) is 4.73. The monoisotopic (exact) mass is 274 g/mol. The number of pyridine rings is 1. The van der Waals surface area contributed by atoms with E-state index >= 15 is 0 Å². The molecule has 0 radical (unpaired) electrons. The fourth-order valence-electron chi connectivity index (χ4n) is 2.32. The Morgan fingerprint density at radius 2 is 2.15 bits per heavy atom. The van der Waals surface area contributed by atoms with E-state index in [1.807, 2.05) is 26.1 Å². The van der Waals surface area contributed by atoms with Gasteiger partial charge in [-0.3, -0.25) is 4.98 Å². The molecule has 0 amide bonds. The van der Waals surface area contributed by atoms with Gasteiger partial charge >= 0.3 is 0 Å². The second kappa shape index (κ2) is 6.48. The maximum Gasteiger partial charge on any atom is 0.141 e. The molecule has 1 heterocycles. The molecule has 4 heteroatoms. The molecule has 1 unspecified atom stereocenters. The molecular weight excluding hydrogens is 255 g/mol. The molecule has 3 nitrogen and oxygen atoms in total. The Morgan fingerprint density at radius 3 is 2.80 bits per heavy atom. The highest BCUT2D eigenvalue weighted by Gasteiger charge is 2.16. The van der Waals surface area contributed by atoms with Gasteiger partial charge in [0, 0.05) is 17.8 Å². The van der Waals surface area contributed by atoms with Crippen molar-refractivity contribution in [3.63, 3.8) is 0 Å². The highest BCUT2D eigenvalue weighted by Crippen LogP contribution is 2.27. The van der Waals surface area contributed by atoms with Crippen LogP contribution in [-0.2, 0) is 6.42 Å². The summed E-state index contributed by atoms with van der Waals surface area (Å²) in [4.78, 5) is 4.07. The fraction of sp³-hybridized carbons (Fsp3) is 0.312. The van der Waals surface area contributed by atoms with Gasteiger partial charge in [0.25, 0.3) is 0 Å². The van der Waals surface area contributed by atoms with Gasteiger partial charge in [0.05, 0.1) is 13.3 Å². The predicted molar refractivity (Wildman–Crippen MR) is 77.4 cm³/mol. The van der Waals surface area contributed by atoms with Gasteiger partial charge < -0.3 is 10.1 Å². The molecule has 0 aliphatic rings. The third-order valence-corrected chi connectivity index (χ3v) is 3.49. The molecule has 0 aliphatic heterocycles. The molecule has 1 N–H and O–H groups in total. The lowest BCUT2D eigenvalue weighted by Gasteiger charge is -2.20. The first-order chi connectivity index (χ1) is 9.65. The number of methoxy groups -OCH3 is 1. The van der Waals surface area contributed by atoms with Crippen molar-refractivity contribution in [3.05, 3.63) is 59.2 Å². The van der Waals surface area contributed by atoms with Crippen molar-refractivity contribution in [3.8, 4) is 5.75 Å². The lowest BCUT2D eigenvalue weighted by Crippen LogP contribution is -2.20. The maximum absolute atomic E-state index is 13.2. The molecule has 0 aliphatic carbocycles. The Hall–Kier alpha value is -1.94. The zero-order valence-corrected chi connectivity index (χ0v) is 12.0. The Kier molecular flexibility index (Phi) is 4.69. The van der Waals surface area contributed by atoms with Crippen LogP contribution in [0.2, 0.25) is 0 Å². The molecule has 1 aromatic carbocycles. The third kappa shape index (κ3) is 3.14. The summed E-state index contributed by atoms with van der Waals surface area (Å²) in [5, 5.41) is 3.28. The molecular formula is C16H19FN2O. The molecule has 2 aromatic rings. The molecule has 0 bridgehead atoms. The quantitative estimate of drug-likeness (QED) is 0.910. The smallest absolute Gasteiger partial charge is 0.141 e. The Balaban J connectivity index is 2.29. The Morgan fingerprint density at radius 1 is 1.35 bits per heavy atom. The average Bonchev–Trinajstić information content (AvgIpc) is 2.46. The lowest BCUT2D eigenvalue weighted by atomic mass is 9.96. The zero-order valence-electron chi connectivity index (χ0n) is 12.0. The largest absolute Gasteiger partial charge is 0.495 e. The second-order valence-corrected chi connectivity index (χ2v) is 4.73.